The van der Waals surface area contributed by atoms with Crippen molar-refractivity contribution in [2.45, 2.75) is 0 Å². The Labute approximate surface area is 112 Å². The largest absolute Gasteiger partial charge is 0.216 e. The summed E-state index contributed by atoms with van der Waals surface area (Å²) in [6.07, 6.45) is 1.57. The van der Waals surface area contributed by atoms with Gasteiger partial charge in [-0.3, -0.25) is 0 Å². The average Bonchev–Trinajstić information content (AvgIpc) is 2.77. The first kappa shape index (κ1) is 11.4. The highest BCUT2D eigenvalue weighted by Gasteiger charge is 2.15. The summed E-state index contributed by atoms with van der Waals surface area (Å²) in [5.74, 6) is -0.361. The van der Waals surface area contributed by atoms with E-state index in [1.54, 1.807) is 24.4 Å². The molecule has 0 fully saturated rings. The van der Waals surface area contributed by atoms with Gasteiger partial charge in [0.05, 0.1) is 11.8 Å². The van der Waals surface area contributed by atoms with Gasteiger partial charge in [-0.15, -0.1) is 0 Å². The third-order valence-electron chi connectivity index (χ3n) is 2.55. The maximum atomic E-state index is 13.2. The van der Waals surface area contributed by atoms with E-state index in [2.05, 4.69) is 10.1 Å². The van der Waals surface area contributed by atoms with E-state index in [4.69, 9.17) is 23.2 Å². The molecule has 0 unspecified atom stereocenters. The Morgan fingerprint density at radius 1 is 1.17 bits per heavy atom. The number of halogens is 3. The van der Waals surface area contributed by atoms with Crippen LogP contribution in [0.25, 0.3) is 16.8 Å². The van der Waals surface area contributed by atoms with Gasteiger partial charge in [0, 0.05) is 6.07 Å². The van der Waals surface area contributed by atoms with Crippen molar-refractivity contribution in [2.75, 3.05) is 0 Å². The fourth-order valence-corrected chi connectivity index (χ4v) is 2.42. The van der Waals surface area contributed by atoms with E-state index in [0.29, 0.717) is 21.9 Å². The maximum absolute atomic E-state index is 13.2. The molecule has 0 saturated carbocycles. The number of hydrogen-bond acceptors (Lipinski definition) is 2. The van der Waals surface area contributed by atoms with E-state index in [-0.39, 0.29) is 11.0 Å². The van der Waals surface area contributed by atoms with Gasteiger partial charge in [0.25, 0.3) is 0 Å². The average molecular weight is 282 g/mol. The molecule has 3 nitrogen and oxygen atoms in total. The molecule has 0 spiro atoms. The molecular weight excluding hydrogens is 276 g/mol. The highest BCUT2D eigenvalue weighted by molar-refractivity contribution is 6.38. The van der Waals surface area contributed by atoms with Gasteiger partial charge in [-0.05, 0) is 17.7 Å². The first-order valence-corrected chi connectivity index (χ1v) is 5.87. The Bertz CT molecular complexity index is 739. The van der Waals surface area contributed by atoms with Crippen molar-refractivity contribution in [2.24, 2.45) is 0 Å². The summed E-state index contributed by atoms with van der Waals surface area (Å²) in [6, 6.07) is 7.69. The molecule has 0 radical (unpaired) electrons. The molecule has 0 bridgehead atoms. The normalized spacial score (nSPS) is 11.1. The van der Waals surface area contributed by atoms with E-state index < -0.39 is 0 Å². The van der Waals surface area contributed by atoms with Crippen LogP contribution >= 0.6 is 23.2 Å². The lowest BCUT2D eigenvalue weighted by Gasteiger charge is -2.08. The van der Waals surface area contributed by atoms with Crippen LogP contribution in [0.2, 0.25) is 10.3 Å². The summed E-state index contributed by atoms with van der Waals surface area (Å²) < 4.78 is 14.7. The zero-order valence-corrected chi connectivity index (χ0v) is 10.5. The Morgan fingerprint density at radius 2 is 2.00 bits per heavy atom. The van der Waals surface area contributed by atoms with Gasteiger partial charge in [-0.25, -0.2) is 13.9 Å². The highest BCUT2D eigenvalue weighted by atomic mass is 35.5. The fraction of sp³-hybridized carbons (Fsp3) is 0. The molecule has 2 aromatic heterocycles. The van der Waals surface area contributed by atoms with Gasteiger partial charge in [0.15, 0.2) is 5.65 Å². The first-order chi connectivity index (χ1) is 8.66. The summed E-state index contributed by atoms with van der Waals surface area (Å²) in [5.41, 5.74) is 1.58. The van der Waals surface area contributed by atoms with Crippen LogP contribution in [0.4, 0.5) is 4.39 Å². The second-order valence-electron chi connectivity index (χ2n) is 3.68. The van der Waals surface area contributed by atoms with E-state index >= 15 is 0 Å². The molecule has 1 aromatic carbocycles. The van der Waals surface area contributed by atoms with Gasteiger partial charge < -0.3 is 0 Å². The van der Waals surface area contributed by atoms with Gasteiger partial charge in [-0.1, -0.05) is 35.3 Å². The predicted molar refractivity (Wildman–Crippen MR) is 68.4 cm³/mol. The molecule has 0 N–H and O–H groups in total. The minimum Gasteiger partial charge on any atom is -0.216 e. The van der Waals surface area contributed by atoms with Gasteiger partial charge in [0.2, 0.25) is 0 Å². The summed E-state index contributed by atoms with van der Waals surface area (Å²) >= 11 is 12.3. The van der Waals surface area contributed by atoms with E-state index in [0.717, 1.165) is 0 Å². The second-order valence-corrected chi connectivity index (χ2v) is 4.40. The van der Waals surface area contributed by atoms with Crippen molar-refractivity contribution in [3.63, 3.8) is 0 Å². The summed E-state index contributed by atoms with van der Waals surface area (Å²) in [6.45, 7) is 0. The summed E-state index contributed by atoms with van der Waals surface area (Å²) in [7, 11) is 0. The molecule has 0 aliphatic rings. The monoisotopic (exact) mass is 281 g/mol. The molecule has 3 aromatic rings. The number of hydrogen-bond donors (Lipinski definition) is 0. The summed E-state index contributed by atoms with van der Waals surface area (Å²) in [5, 5.41) is 4.56. The van der Waals surface area contributed by atoms with Gasteiger partial charge >= 0.3 is 0 Å². The van der Waals surface area contributed by atoms with E-state index in [1.807, 2.05) is 0 Å². The molecular formula is C12H6Cl2FN3. The molecule has 2 heterocycles. The van der Waals surface area contributed by atoms with Crippen LogP contribution in [-0.2, 0) is 0 Å². The zero-order valence-electron chi connectivity index (χ0n) is 8.94. The first-order valence-electron chi connectivity index (χ1n) is 5.11. The van der Waals surface area contributed by atoms with Crippen molar-refractivity contribution in [1.82, 2.24) is 14.6 Å². The molecule has 0 amide bonds. The van der Waals surface area contributed by atoms with Crippen molar-refractivity contribution >= 4 is 28.8 Å². The molecule has 6 heteroatoms. The van der Waals surface area contributed by atoms with Crippen LogP contribution in [0.15, 0.2) is 36.5 Å². The highest BCUT2D eigenvalue weighted by Crippen LogP contribution is 2.33. The SMILES string of the molecule is Fc1cccc(-c2c(Cl)nc3ccnn3c2Cl)c1. The fourth-order valence-electron chi connectivity index (χ4n) is 1.76. The molecule has 0 aliphatic carbocycles. The third-order valence-corrected chi connectivity index (χ3v) is 3.17. The molecule has 3 rings (SSSR count). The Kier molecular flexibility index (Phi) is 2.69. The topological polar surface area (TPSA) is 30.2 Å². The van der Waals surface area contributed by atoms with Crippen molar-refractivity contribution in [1.29, 1.82) is 0 Å². The van der Waals surface area contributed by atoms with Crippen molar-refractivity contribution < 1.29 is 4.39 Å². The summed E-state index contributed by atoms with van der Waals surface area (Å²) in [4.78, 5) is 4.16. The quantitative estimate of drug-likeness (QED) is 0.635. The number of aromatic nitrogens is 3. The Morgan fingerprint density at radius 3 is 2.78 bits per heavy atom. The van der Waals surface area contributed by atoms with E-state index in [9.17, 15) is 4.39 Å². The van der Waals surface area contributed by atoms with Crippen LogP contribution in [0.1, 0.15) is 0 Å². The van der Waals surface area contributed by atoms with Crippen LogP contribution in [-0.4, -0.2) is 14.6 Å². The van der Waals surface area contributed by atoms with Gasteiger partial charge in [0.1, 0.15) is 16.1 Å². The predicted octanol–water partition coefficient (Wildman–Crippen LogP) is 3.84. The number of fused-ring (bicyclic) bond motifs is 1. The smallest absolute Gasteiger partial charge is 0.158 e. The van der Waals surface area contributed by atoms with Crippen LogP contribution < -0.4 is 0 Å². The number of rotatable bonds is 1. The van der Waals surface area contributed by atoms with Crippen LogP contribution in [0.5, 0.6) is 0 Å². The second kappa shape index (κ2) is 4.23. The molecule has 0 aliphatic heterocycles. The lowest BCUT2D eigenvalue weighted by Crippen LogP contribution is -1.97. The maximum Gasteiger partial charge on any atom is 0.158 e. The zero-order chi connectivity index (χ0) is 12.7. The minimum absolute atomic E-state index is 0.221. The van der Waals surface area contributed by atoms with Crippen molar-refractivity contribution in [3.05, 3.63) is 52.7 Å². The molecule has 90 valence electrons. The third kappa shape index (κ3) is 1.74. The van der Waals surface area contributed by atoms with E-state index in [1.165, 1.54) is 16.6 Å². The Balaban J connectivity index is 2.34. The van der Waals surface area contributed by atoms with Crippen molar-refractivity contribution in [3.8, 4) is 11.1 Å². The number of benzene rings is 1. The molecule has 18 heavy (non-hydrogen) atoms. The van der Waals surface area contributed by atoms with Gasteiger partial charge in [-0.2, -0.15) is 5.10 Å². The minimum atomic E-state index is -0.361. The Hall–Kier alpha value is -1.65. The van der Waals surface area contributed by atoms with Crippen LogP contribution in [0, 0.1) is 5.82 Å². The molecule has 0 saturated heterocycles. The van der Waals surface area contributed by atoms with Crippen LogP contribution in [0.3, 0.4) is 0 Å². The lowest BCUT2D eigenvalue weighted by molar-refractivity contribution is 0.628. The lowest BCUT2D eigenvalue weighted by atomic mass is 10.1. The number of nitrogens with zero attached hydrogens (tertiary/aromatic N) is 3. The standard InChI is InChI=1S/C12H6Cl2FN3/c13-11-10(7-2-1-3-8(15)6-7)12(14)18-9(17-11)4-5-16-18/h1-6H. The molecule has 0 atom stereocenters.